The summed E-state index contributed by atoms with van der Waals surface area (Å²) in [6.07, 6.45) is 5.36. The third-order valence-corrected chi connectivity index (χ3v) is 3.00. The van der Waals surface area contributed by atoms with E-state index in [1.165, 1.54) is 6.54 Å². The molecule has 0 radical (unpaired) electrons. The first-order valence-electron chi connectivity index (χ1n) is 6.54. The van der Waals surface area contributed by atoms with Crippen molar-refractivity contribution >= 4 is 0 Å². The van der Waals surface area contributed by atoms with Gasteiger partial charge < -0.3 is 16.4 Å². The van der Waals surface area contributed by atoms with Gasteiger partial charge in [0.25, 0.3) is 0 Å². The Morgan fingerprint density at radius 1 is 1.22 bits per heavy atom. The Bertz CT molecular complexity index is 323. The SMILES string of the molecule is C=C(N)/C=C\C(=C/N)N1CCN(CC(C)C)CC1. The van der Waals surface area contributed by atoms with Crippen LogP contribution in [0, 0.1) is 5.92 Å². The number of rotatable bonds is 5. The zero-order chi connectivity index (χ0) is 13.5. The molecule has 0 atom stereocenters. The summed E-state index contributed by atoms with van der Waals surface area (Å²) in [4.78, 5) is 4.79. The minimum atomic E-state index is 0.549. The van der Waals surface area contributed by atoms with Gasteiger partial charge in [0.05, 0.1) is 5.70 Å². The molecular formula is C14H26N4. The number of nitrogens with zero attached hydrogens (tertiary/aromatic N) is 2. The summed E-state index contributed by atoms with van der Waals surface area (Å²) in [5.41, 5.74) is 12.8. The van der Waals surface area contributed by atoms with Crippen molar-refractivity contribution in [2.24, 2.45) is 17.4 Å². The van der Waals surface area contributed by atoms with E-state index in [-0.39, 0.29) is 0 Å². The van der Waals surface area contributed by atoms with Gasteiger partial charge in [-0.05, 0) is 18.1 Å². The van der Waals surface area contributed by atoms with E-state index in [0.717, 1.165) is 37.8 Å². The van der Waals surface area contributed by atoms with Gasteiger partial charge in [0.15, 0.2) is 0 Å². The van der Waals surface area contributed by atoms with Crippen LogP contribution >= 0.6 is 0 Å². The van der Waals surface area contributed by atoms with Gasteiger partial charge in [0.2, 0.25) is 0 Å². The largest absolute Gasteiger partial charge is 0.403 e. The number of piperazine rings is 1. The fourth-order valence-corrected chi connectivity index (χ4v) is 2.16. The Labute approximate surface area is 111 Å². The van der Waals surface area contributed by atoms with E-state index in [1.54, 1.807) is 12.3 Å². The minimum Gasteiger partial charge on any atom is -0.403 e. The smallest absolute Gasteiger partial charge is 0.0525 e. The van der Waals surface area contributed by atoms with Crippen molar-refractivity contribution in [1.82, 2.24) is 9.80 Å². The summed E-state index contributed by atoms with van der Waals surface area (Å²) in [7, 11) is 0. The van der Waals surface area contributed by atoms with Crippen LogP contribution in [-0.2, 0) is 0 Å². The van der Waals surface area contributed by atoms with E-state index in [1.807, 2.05) is 6.08 Å². The molecule has 18 heavy (non-hydrogen) atoms. The average Bonchev–Trinajstić information content (AvgIpc) is 2.31. The molecule has 4 nitrogen and oxygen atoms in total. The maximum Gasteiger partial charge on any atom is 0.0525 e. The predicted molar refractivity (Wildman–Crippen MR) is 77.6 cm³/mol. The zero-order valence-corrected chi connectivity index (χ0v) is 11.6. The predicted octanol–water partition coefficient (Wildman–Crippen LogP) is 1.09. The average molecular weight is 250 g/mol. The molecule has 1 saturated heterocycles. The normalized spacial score (nSPS) is 18.8. The van der Waals surface area contributed by atoms with Gasteiger partial charge in [-0.2, -0.15) is 0 Å². The van der Waals surface area contributed by atoms with Gasteiger partial charge in [0.1, 0.15) is 0 Å². The van der Waals surface area contributed by atoms with E-state index in [0.29, 0.717) is 5.70 Å². The second kappa shape index (κ2) is 7.11. The molecule has 1 aliphatic rings. The van der Waals surface area contributed by atoms with E-state index in [9.17, 15) is 0 Å². The van der Waals surface area contributed by atoms with Crippen LogP contribution in [0.5, 0.6) is 0 Å². The van der Waals surface area contributed by atoms with Gasteiger partial charge in [-0.25, -0.2) is 0 Å². The highest BCUT2D eigenvalue weighted by molar-refractivity contribution is 5.23. The number of allylic oxidation sites excluding steroid dienone is 2. The maximum atomic E-state index is 5.67. The lowest BCUT2D eigenvalue weighted by Gasteiger charge is -2.37. The first-order valence-corrected chi connectivity index (χ1v) is 6.54. The van der Waals surface area contributed by atoms with E-state index < -0.39 is 0 Å². The van der Waals surface area contributed by atoms with Crippen molar-refractivity contribution in [2.75, 3.05) is 32.7 Å². The van der Waals surface area contributed by atoms with Crippen LogP contribution in [-0.4, -0.2) is 42.5 Å². The van der Waals surface area contributed by atoms with E-state index in [4.69, 9.17) is 11.5 Å². The van der Waals surface area contributed by atoms with Gasteiger partial charge in [-0.1, -0.05) is 20.4 Å². The summed E-state index contributed by atoms with van der Waals surface area (Å²) in [6.45, 7) is 13.5. The minimum absolute atomic E-state index is 0.549. The van der Waals surface area contributed by atoms with Gasteiger partial charge in [0, 0.05) is 44.6 Å². The summed E-state index contributed by atoms with van der Waals surface area (Å²) >= 11 is 0. The first-order chi connectivity index (χ1) is 8.52. The second-order valence-electron chi connectivity index (χ2n) is 5.18. The molecule has 1 aliphatic heterocycles. The molecule has 0 bridgehead atoms. The van der Waals surface area contributed by atoms with Crippen molar-refractivity contribution in [3.05, 3.63) is 36.3 Å². The third kappa shape index (κ3) is 4.84. The highest BCUT2D eigenvalue weighted by atomic mass is 15.3. The van der Waals surface area contributed by atoms with Gasteiger partial charge in [-0.15, -0.1) is 0 Å². The Balaban J connectivity index is 2.48. The van der Waals surface area contributed by atoms with Crippen LogP contribution in [0.4, 0.5) is 0 Å². The standard InChI is InChI=1S/C14H26N4/c1-12(2)11-17-6-8-18(9-7-17)14(10-15)5-4-13(3)16/h4-5,10,12H,3,6-9,11,15-16H2,1-2H3/b5-4-,14-10+. The van der Waals surface area contributed by atoms with Crippen LogP contribution in [0.25, 0.3) is 0 Å². The fourth-order valence-electron chi connectivity index (χ4n) is 2.16. The highest BCUT2D eigenvalue weighted by Gasteiger charge is 2.17. The molecule has 0 spiro atoms. The van der Waals surface area contributed by atoms with Crippen molar-refractivity contribution in [3.63, 3.8) is 0 Å². The lowest BCUT2D eigenvalue weighted by atomic mass is 10.2. The molecule has 0 aromatic carbocycles. The molecule has 4 heteroatoms. The topological polar surface area (TPSA) is 58.5 Å². The van der Waals surface area contributed by atoms with Crippen molar-refractivity contribution in [2.45, 2.75) is 13.8 Å². The zero-order valence-electron chi connectivity index (χ0n) is 11.6. The maximum absolute atomic E-state index is 5.67. The monoisotopic (exact) mass is 250 g/mol. The quantitative estimate of drug-likeness (QED) is 0.717. The molecule has 0 unspecified atom stereocenters. The number of hydrogen-bond acceptors (Lipinski definition) is 4. The van der Waals surface area contributed by atoms with E-state index >= 15 is 0 Å². The molecule has 0 aliphatic carbocycles. The number of nitrogens with two attached hydrogens (primary N) is 2. The van der Waals surface area contributed by atoms with Crippen LogP contribution in [0.3, 0.4) is 0 Å². The molecule has 0 saturated carbocycles. The first kappa shape index (κ1) is 14.6. The van der Waals surface area contributed by atoms with Gasteiger partial charge in [-0.3, -0.25) is 4.90 Å². The van der Waals surface area contributed by atoms with Crippen LogP contribution in [0.1, 0.15) is 13.8 Å². The summed E-state index contributed by atoms with van der Waals surface area (Å²) in [5.74, 6) is 0.724. The molecular weight excluding hydrogens is 224 g/mol. The molecule has 102 valence electrons. The van der Waals surface area contributed by atoms with Crippen LogP contribution < -0.4 is 11.5 Å². The molecule has 1 fully saturated rings. The van der Waals surface area contributed by atoms with Crippen LogP contribution in [0.15, 0.2) is 36.3 Å². The summed E-state index contributed by atoms with van der Waals surface area (Å²) in [6, 6.07) is 0. The Morgan fingerprint density at radius 3 is 2.28 bits per heavy atom. The Kier molecular flexibility index (Phi) is 5.78. The van der Waals surface area contributed by atoms with Crippen molar-refractivity contribution in [3.8, 4) is 0 Å². The lowest BCUT2D eigenvalue weighted by Crippen LogP contribution is -2.46. The lowest BCUT2D eigenvalue weighted by molar-refractivity contribution is 0.148. The molecule has 0 amide bonds. The Hall–Kier alpha value is -1.42. The highest BCUT2D eigenvalue weighted by Crippen LogP contribution is 2.11. The molecule has 1 rings (SSSR count). The molecule has 4 N–H and O–H groups in total. The summed E-state index contributed by atoms with van der Waals surface area (Å²) < 4.78 is 0. The molecule has 0 aromatic rings. The third-order valence-electron chi connectivity index (χ3n) is 3.00. The molecule has 1 heterocycles. The second-order valence-corrected chi connectivity index (χ2v) is 5.18. The fraction of sp³-hybridized carbons (Fsp3) is 0.571. The Morgan fingerprint density at radius 2 is 1.83 bits per heavy atom. The van der Waals surface area contributed by atoms with Crippen molar-refractivity contribution < 1.29 is 0 Å². The van der Waals surface area contributed by atoms with Crippen LogP contribution in [0.2, 0.25) is 0 Å². The summed E-state index contributed by atoms with van der Waals surface area (Å²) in [5, 5.41) is 0. The van der Waals surface area contributed by atoms with Crippen molar-refractivity contribution in [1.29, 1.82) is 0 Å². The number of hydrogen-bond donors (Lipinski definition) is 2. The van der Waals surface area contributed by atoms with E-state index in [2.05, 4.69) is 30.2 Å². The van der Waals surface area contributed by atoms with Gasteiger partial charge >= 0.3 is 0 Å². The molecule has 0 aromatic heterocycles.